The topological polar surface area (TPSA) is 161 Å². The second-order valence-corrected chi connectivity index (χ2v) is 3.37. The molecule has 12 heteroatoms. The number of hydrogen-bond acceptors (Lipinski definition) is 8. The summed E-state index contributed by atoms with van der Waals surface area (Å²) in [4.78, 5) is 0. The van der Waals surface area contributed by atoms with Gasteiger partial charge in [-0.1, -0.05) is 0 Å². The zero-order chi connectivity index (χ0) is 9.00. The summed E-state index contributed by atoms with van der Waals surface area (Å²) in [6.45, 7) is 0. The van der Waals surface area contributed by atoms with Gasteiger partial charge in [0, 0.05) is 0 Å². The van der Waals surface area contributed by atoms with Crippen molar-refractivity contribution in [3.8, 4) is 0 Å². The van der Waals surface area contributed by atoms with Gasteiger partial charge in [0.1, 0.15) is 0 Å². The number of rotatable bonds is 0. The molecule has 0 aliphatic rings. The quantitative estimate of drug-likeness (QED) is 0.357. The van der Waals surface area contributed by atoms with Gasteiger partial charge in [-0.15, -0.1) is 0 Å². The van der Waals surface area contributed by atoms with E-state index in [-0.39, 0.29) is 86.6 Å². The molecule has 0 aliphatic carbocycles. The van der Waals surface area contributed by atoms with E-state index in [2.05, 4.69) is 0 Å². The maximum absolute atomic E-state index is 8.59. The van der Waals surface area contributed by atoms with Crippen LogP contribution in [-0.2, 0) is 42.4 Å². The molecular weight excluding hydrogens is 409 g/mol. The predicted molar refractivity (Wildman–Crippen MR) is 14.3 cm³/mol. The summed E-state index contributed by atoms with van der Waals surface area (Å²) in [6, 6.07) is 0. The van der Waals surface area contributed by atoms with Gasteiger partial charge in [-0.05, 0) is 0 Å². The maximum atomic E-state index is 8.59. The van der Waals surface area contributed by atoms with Gasteiger partial charge < -0.3 is 0 Å². The summed E-state index contributed by atoms with van der Waals surface area (Å²) in [5, 5.41) is 0. The van der Waals surface area contributed by atoms with Crippen molar-refractivity contribution in [3.63, 3.8) is 0 Å². The van der Waals surface area contributed by atoms with Crippen molar-refractivity contribution in [2.45, 2.75) is 0 Å². The molecule has 0 radical (unpaired) electrons. The summed E-state index contributed by atoms with van der Waals surface area (Å²) < 4.78 is 68.8. The third-order valence-corrected chi connectivity index (χ3v) is 0. The van der Waals surface area contributed by atoms with E-state index in [0.29, 0.717) is 0 Å². The molecule has 64 valence electrons. The minimum absolute atomic E-state index is 0. The Morgan fingerprint density at radius 2 is 0.667 bits per heavy atom. The number of hydrogen-bond donors (Lipinski definition) is 0. The van der Waals surface area contributed by atoms with Crippen molar-refractivity contribution in [1.29, 1.82) is 0 Å². The Bertz CT molecular complexity index is 213. The van der Waals surface area contributed by atoms with E-state index in [1.807, 2.05) is 0 Å². The van der Waals surface area contributed by atoms with E-state index in [4.69, 9.17) is 31.8 Å². The van der Waals surface area contributed by atoms with E-state index in [9.17, 15) is 0 Å². The molecule has 0 saturated heterocycles. The van der Waals surface area contributed by atoms with Gasteiger partial charge in [0.25, 0.3) is 0 Å². The second kappa shape index (κ2) is 10.5. The average molecular weight is 409 g/mol. The molecule has 0 aromatic rings. The molecule has 0 saturated carbocycles. The molecule has 8 nitrogen and oxygen atoms in total. The first kappa shape index (κ1) is 24.3. The van der Waals surface area contributed by atoms with Crippen LogP contribution < -0.4 is 16.6 Å². The summed E-state index contributed by atoms with van der Waals surface area (Å²) in [5.41, 5.74) is 0. The molecule has 0 aromatic heterocycles. The third-order valence-electron chi connectivity index (χ3n) is 0. The van der Waals surface area contributed by atoms with E-state index in [0.717, 1.165) is 0 Å². The van der Waals surface area contributed by atoms with Crippen LogP contribution in [0, 0.1) is 0 Å². The molecule has 0 N–H and O–H groups in total. The molecule has 0 aliphatic heterocycles. The zero-order valence-electron chi connectivity index (χ0n) is 5.50. The first-order chi connectivity index (χ1) is 4.00. The fraction of sp³-hybridized carbons (Fsp3) is 0. The van der Waals surface area contributed by atoms with Crippen molar-refractivity contribution in [3.05, 3.63) is 0 Å². The van der Waals surface area contributed by atoms with E-state index in [1.165, 1.54) is 0 Å². The van der Waals surface area contributed by atoms with Gasteiger partial charge in [0.15, 0.2) is 0 Å². The Labute approximate surface area is 142 Å². The van der Waals surface area contributed by atoms with Gasteiger partial charge >= 0.3 is 146 Å². The standard InChI is InChI=1S/Ba.Ca.2Cr.8O/q2*+2;;;;;;;4*-1. The SMILES string of the molecule is [Ba+2].[Ca+2].[O]=[Cr](=[O])([O-])[O-].[O]=[Cr](=[O])([O-])[O-]. The summed E-state index contributed by atoms with van der Waals surface area (Å²) in [7, 11) is 0. The predicted octanol–water partition coefficient (Wildman–Crippen LogP) is -6.00. The van der Waals surface area contributed by atoms with Gasteiger partial charge in [-0.3, -0.25) is 0 Å². The molecule has 0 rings (SSSR count). The second-order valence-electron chi connectivity index (χ2n) is 0.816. The van der Waals surface area contributed by atoms with Crippen molar-refractivity contribution in [1.82, 2.24) is 0 Å². The Kier molecular flexibility index (Phi) is 21.1. The fourth-order valence-corrected chi connectivity index (χ4v) is 0. The molecule has 0 fully saturated rings. The Morgan fingerprint density at radius 3 is 0.667 bits per heavy atom. The Balaban J connectivity index is -0.0000000457. The molecular formula is BaCaCr2O8. The summed E-state index contributed by atoms with van der Waals surface area (Å²) >= 11 is -11.5. The molecule has 12 heavy (non-hydrogen) atoms. The van der Waals surface area contributed by atoms with E-state index >= 15 is 0 Å². The van der Waals surface area contributed by atoms with Crippen LogP contribution in [0.3, 0.4) is 0 Å². The van der Waals surface area contributed by atoms with E-state index in [1.54, 1.807) is 0 Å². The van der Waals surface area contributed by atoms with Crippen LogP contribution in [-0.4, -0.2) is 86.6 Å². The Hall–Kier alpha value is 2.94. The van der Waals surface area contributed by atoms with Crippen LogP contribution in [0.2, 0.25) is 0 Å². The van der Waals surface area contributed by atoms with Crippen LogP contribution >= 0.6 is 0 Å². The first-order valence-electron chi connectivity index (χ1n) is 1.33. The molecule has 0 atom stereocenters. The van der Waals surface area contributed by atoms with Gasteiger partial charge in [0.2, 0.25) is 0 Å². The average Bonchev–Trinajstić information content (AvgIpc) is 1.12. The molecule has 0 amide bonds. The van der Waals surface area contributed by atoms with Crippen LogP contribution in [0.1, 0.15) is 0 Å². The third kappa shape index (κ3) is 214. The van der Waals surface area contributed by atoms with Crippen molar-refractivity contribution in [2.75, 3.05) is 0 Å². The first-order valence-corrected chi connectivity index (χ1v) is 5.50. The molecule has 0 aromatic carbocycles. The van der Waals surface area contributed by atoms with Crippen molar-refractivity contribution in [2.24, 2.45) is 0 Å². The van der Waals surface area contributed by atoms with Gasteiger partial charge in [-0.25, -0.2) is 0 Å². The molecule has 0 unspecified atom stereocenters. The fourth-order valence-electron chi connectivity index (χ4n) is 0. The van der Waals surface area contributed by atoms with Crippen molar-refractivity contribution < 1.29 is 59.1 Å². The van der Waals surface area contributed by atoms with Gasteiger partial charge in [-0.2, -0.15) is 0 Å². The monoisotopic (exact) mass is 410 g/mol. The molecule has 0 spiro atoms. The molecule has 0 bridgehead atoms. The Morgan fingerprint density at radius 1 is 0.667 bits per heavy atom. The molecule has 0 heterocycles. The zero-order valence-corrected chi connectivity index (χ0v) is 14.7. The van der Waals surface area contributed by atoms with Crippen LogP contribution in [0.5, 0.6) is 0 Å². The minimum atomic E-state index is -5.75. The van der Waals surface area contributed by atoms with Crippen LogP contribution in [0.4, 0.5) is 0 Å². The van der Waals surface area contributed by atoms with Crippen LogP contribution in [0.15, 0.2) is 0 Å². The summed E-state index contributed by atoms with van der Waals surface area (Å²) in [5.74, 6) is 0. The van der Waals surface area contributed by atoms with Crippen molar-refractivity contribution >= 4 is 86.6 Å². The van der Waals surface area contributed by atoms with Gasteiger partial charge in [0.05, 0.1) is 0 Å². The summed E-state index contributed by atoms with van der Waals surface area (Å²) in [6.07, 6.45) is 0. The van der Waals surface area contributed by atoms with E-state index < -0.39 is 27.2 Å². The normalized spacial score (nSPS) is 9.67. The van der Waals surface area contributed by atoms with Crippen LogP contribution in [0.25, 0.3) is 0 Å².